The molecule has 1 aliphatic heterocycles. The van der Waals surface area contributed by atoms with Gasteiger partial charge in [-0.15, -0.1) is 0 Å². The zero-order chi connectivity index (χ0) is 16.7. The Bertz CT molecular complexity index is 943. The minimum Gasteiger partial charge on any atom is -0.497 e. The molecule has 0 amide bonds. The highest BCUT2D eigenvalue weighted by Crippen LogP contribution is 2.25. The summed E-state index contributed by atoms with van der Waals surface area (Å²) in [5, 5.41) is 0.955. The van der Waals surface area contributed by atoms with Gasteiger partial charge >= 0.3 is 0 Å². The van der Waals surface area contributed by atoms with Crippen molar-refractivity contribution in [3.8, 4) is 5.75 Å². The Morgan fingerprint density at radius 1 is 1.46 bits per heavy atom. The molecule has 0 bridgehead atoms. The van der Waals surface area contributed by atoms with E-state index in [1.165, 1.54) is 19.4 Å². The number of likely N-dealkylation sites (N-methyl/N-ethyl adjacent to an activating group) is 1. The van der Waals surface area contributed by atoms with Gasteiger partial charge in [-0.3, -0.25) is 9.36 Å². The summed E-state index contributed by atoms with van der Waals surface area (Å²) in [6.45, 7) is 5.27. The molecule has 0 saturated carbocycles. The Morgan fingerprint density at radius 2 is 2.33 bits per heavy atom. The fourth-order valence-electron chi connectivity index (χ4n) is 3.94. The number of ether oxygens (including phenoxy) is 1. The highest BCUT2D eigenvalue weighted by Gasteiger charge is 2.27. The number of aromatic nitrogens is 3. The van der Waals surface area contributed by atoms with Crippen LogP contribution in [0.15, 0.2) is 29.3 Å². The predicted octanol–water partition coefficient (Wildman–Crippen LogP) is 0.954. The van der Waals surface area contributed by atoms with Crippen LogP contribution in [-0.2, 0) is 6.54 Å². The van der Waals surface area contributed by atoms with Crippen molar-refractivity contribution in [3.63, 3.8) is 0 Å². The van der Waals surface area contributed by atoms with Crippen LogP contribution < -0.4 is 15.2 Å². The Hall–Kier alpha value is -2.34. The normalized spacial score (nSPS) is 20.9. The van der Waals surface area contributed by atoms with Crippen LogP contribution in [0.4, 0.5) is 0 Å². The fourth-order valence-corrected chi connectivity index (χ4v) is 3.94. The molecule has 1 unspecified atom stereocenters. The number of hydrogen-bond acceptors (Lipinski definition) is 3. The zero-order valence-electron chi connectivity index (χ0n) is 14.1. The molecular weight excluding hydrogens is 304 g/mol. The van der Waals surface area contributed by atoms with Gasteiger partial charge < -0.3 is 14.6 Å². The molecule has 2 aromatic heterocycles. The first-order chi connectivity index (χ1) is 11.7. The molecule has 2 atom stereocenters. The SMILES string of the molecule is CC[NH+]1CCC[C@H]1Cn1cnc2c([nH]c3cc(OC)ccc32)c1=O. The number of rotatable bonds is 4. The van der Waals surface area contributed by atoms with E-state index in [2.05, 4.69) is 16.9 Å². The first kappa shape index (κ1) is 15.2. The standard InChI is InChI=1S/C18H22N4O2/c1-3-21-8-4-5-12(21)10-22-11-19-16-14-7-6-13(24-2)9-15(14)20-17(16)18(22)23/h6-7,9,11-12,20H,3-5,8,10H2,1-2H3/p+1/t12-/m0/s1. The van der Waals surface area contributed by atoms with Gasteiger partial charge in [-0.1, -0.05) is 0 Å². The van der Waals surface area contributed by atoms with Crippen molar-refractivity contribution >= 4 is 21.9 Å². The van der Waals surface area contributed by atoms with Crippen molar-refractivity contribution < 1.29 is 9.64 Å². The molecule has 6 nitrogen and oxygen atoms in total. The maximum Gasteiger partial charge on any atom is 0.277 e. The summed E-state index contributed by atoms with van der Waals surface area (Å²) in [6, 6.07) is 6.25. The number of fused-ring (bicyclic) bond motifs is 3. The molecule has 2 N–H and O–H groups in total. The van der Waals surface area contributed by atoms with E-state index in [0.29, 0.717) is 11.6 Å². The summed E-state index contributed by atoms with van der Waals surface area (Å²) in [5.41, 5.74) is 2.21. The molecule has 4 rings (SSSR count). The van der Waals surface area contributed by atoms with Crippen molar-refractivity contribution in [3.05, 3.63) is 34.9 Å². The Labute approximate surface area is 140 Å². The third-order valence-corrected chi connectivity index (χ3v) is 5.28. The lowest BCUT2D eigenvalue weighted by molar-refractivity contribution is -0.911. The van der Waals surface area contributed by atoms with Gasteiger partial charge in [0.2, 0.25) is 0 Å². The summed E-state index contributed by atoms with van der Waals surface area (Å²) in [5.74, 6) is 0.766. The lowest BCUT2D eigenvalue weighted by atomic mass is 10.2. The molecule has 1 aliphatic rings. The molecule has 1 aromatic carbocycles. The molecule has 3 heterocycles. The van der Waals surface area contributed by atoms with Crippen LogP contribution in [0.5, 0.6) is 5.75 Å². The molecule has 0 spiro atoms. The fraction of sp³-hybridized carbons (Fsp3) is 0.444. The van der Waals surface area contributed by atoms with Gasteiger partial charge in [-0.05, 0) is 19.1 Å². The Balaban J connectivity index is 1.77. The summed E-state index contributed by atoms with van der Waals surface area (Å²) in [4.78, 5) is 22.3. The Kier molecular flexibility index (Phi) is 3.76. The van der Waals surface area contributed by atoms with Gasteiger partial charge in [0.05, 0.1) is 38.6 Å². The summed E-state index contributed by atoms with van der Waals surface area (Å²) >= 11 is 0. The van der Waals surface area contributed by atoms with Crippen LogP contribution in [0, 0.1) is 0 Å². The zero-order valence-corrected chi connectivity index (χ0v) is 14.1. The van der Waals surface area contributed by atoms with Crippen LogP contribution >= 0.6 is 0 Å². The van der Waals surface area contributed by atoms with Gasteiger partial charge in [-0.2, -0.15) is 0 Å². The quantitative estimate of drug-likeness (QED) is 0.750. The van der Waals surface area contributed by atoms with E-state index in [0.717, 1.165) is 35.3 Å². The maximum atomic E-state index is 12.9. The van der Waals surface area contributed by atoms with Crippen molar-refractivity contribution in [2.45, 2.75) is 32.4 Å². The molecule has 24 heavy (non-hydrogen) atoms. The molecule has 1 fully saturated rings. The average Bonchev–Trinajstić information content (AvgIpc) is 3.20. The van der Waals surface area contributed by atoms with E-state index in [9.17, 15) is 4.79 Å². The number of benzene rings is 1. The highest BCUT2D eigenvalue weighted by atomic mass is 16.5. The molecule has 6 heteroatoms. The predicted molar refractivity (Wildman–Crippen MR) is 93.8 cm³/mol. The van der Waals surface area contributed by atoms with E-state index in [1.54, 1.807) is 22.9 Å². The van der Waals surface area contributed by atoms with Crippen molar-refractivity contribution in [2.75, 3.05) is 20.2 Å². The number of nitrogens with one attached hydrogen (secondary N) is 2. The highest BCUT2D eigenvalue weighted by molar-refractivity contribution is 6.04. The molecule has 0 aliphatic carbocycles. The summed E-state index contributed by atoms with van der Waals surface area (Å²) in [7, 11) is 1.64. The van der Waals surface area contributed by atoms with Crippen LogP contribution in [0.25, 0.3) is 21.9 Å². The summed E-state index contributed by atoms with van der Waals surface area (Å²) < 4.78 is 7.02. The van der Waals surface area contributed by atoms with Crippen molar-refractivity contribution in [2.24, 2.45) is 0 Å². The Morgan fingerprint density at radius 3 is 3.12 bits per heavy atom. The van der Waals surface area contributed by atoms with Crippen molar-refractivity contribution in [1.29, 1.82) is 0 Å². The third kappa shape index (κ3) is 2.38. The second-order valence-corrected chi connectivity index (χ2v) is 6.56. The first-order valence-electron chi connectivity index (χ1n) is 8.60. The number of nitrogens with zero attached hydrogens (tertiary/aromatic N) is 2. The topological polar surface area (TPSA) is 64.3 Å². The van der Waals surface area contributed by atoms with Crippen LogP contribution in [-0.4, -0.2) is 40.8 Å². The van der Waals surface area contributed by atoms with E-state index in [4.69, 9.17) is 4.74 Å². The van der Waals surface area contributed by atoms with E-state index < -0.39 is 0 Å². The van der Waals surface area contributed by atoms with E-state index in [-0.39, 0.29) is 5.56 Å². The van der Waals surface area contributed by atoms with E-state index >= 15 is 0 Å². The van der Waals surface area contributed by atoms with Crippen molar-refractivity contribution in [1.82, 2.24) is 14.5 Å². The third-order valence-electron chi connectivity index (χ3n) is 5.28. The number of H-pyrrole nitrogens is 1. The molecule has 126 valence electrons. The largest absolute Gasteiger partial charge is 0.497 e. The number of hydrogen-bond donors (Lipinski definition) is 2. The van der Waals surface area contributed by atoms with Gasteiger partial charge in [0.15, 0.2) is 0 Å². The maximum absolute atomic E-state index is 12.9. The van der Waals surface area contributed by atoms with Gasteiger partial charge in [0.1, 0.15) is 22.8 Å². The van der Waals surface area contributed by atoms with Crippen LogP contribution in [0.3, 0.4) is 0 Å². The number of methoxy groups -OCH3 is 1. The minimum absolute atomic E-state index is 0.0116. The van der Waals surface area contributed by atoms with Gasteiger partial charge in [0.25, 0.3) is 5.56 Å². The lowest BCUT2D eigenvalue weighted by Crippen LogP contribution is -3.13. The lowest BCUT2D eigenvalue weighted by Gasteiger charge is -2.20. The number of aromatic amines is 1. The number of likely N-dealkylation sites (tertiary alicyclic amines) is 1. The van der Waals surface area contributed by atoms with E-state index in [1.807, 2.05) is 18.2 Å². The van der Waals surface area contributed by atoms with Gasteiger partial charge in [0, 0.05) is 24.3 Å². The molecule has 0 radical (unpaired) electrons. The van der Waals surface area contributed by atoms with Crippen LogP contribution in [0.1, 0.15) is 19.8 Å². The smallest absolute Gasteiger partial charge is 0.277 e. The average molecular weight is 327 g/mol. The second kappa shape index (κ2) is 5.94. The second-order valence-electron chi connectivity index (χ2n) is 6.56. The van der Waals surface area contributed by atoms with Crippen LogP contribution in [0.2, 0.25) is 0 Å². The molecule has 1 saturated heterocycles. The van der Waals surface area contributed by atoms with Gasteiger partial charge in [-0.25, -0.2) is 4.98 Å². The number of quaternary nitrogens is 1. The molecule has 3 aromatic rings. The summed E-state index contributed by atoms with van der Waals surface area (Å²) in [6.07, 6.45) is 4.12. The monoisotopic (exact) mass is 327 g/mol. The first-order valence-corrected chi connectivity index (χ1v) is 8.60. The molecular formula is C18H23N4O2+. The minimum atomic E-state index is 0.0116.